The number of hydrogen-bond donors (Lipinski definition) is 2. The summed E-state index contributed by atoms with van der Waals surface area (Å²) in [4.78, 5) is 41.5. The van der Waals surface area contributed by atoms with Gasteiger partial charge in [-0.05, 0) is 40.5 Å². The maximum absolute atomic E-state index is 12.2. The molecule has 0 aromatic rings. The molecule has 2 rings (SSSR count). The molecule has 0 aromatic heterocycles. The Morgan fingerprint density at radius 2 is 1.67 bits per heavy atom. The zero-order chi connectivity index (χ0) is 20.2. The van der Waals surface area contributed by atoms with Crippen LogP contribution >= 0.6 is 0 Å². The minimum atomic E-state index is -0.834. The molecule has 4 amide bonds. The summed E-state index contributed by atoms with van der Waals surface area (Å²) in [6.45, 7) is 10.8. The number of imide groups is 1. The molecule has 2 saturated heterocycles. The molecule has 0 unspecified atom stereocenters. The number of terminal acetylenes is 1. The fraction of sp³-hybridized carbons (Fsp3) is 0.737. The van der Waals surface area contributed by atoms with E-state index in [4.69, 9.17) is 6.42 Å². The highest BCUT2D eigenvalue weighted by molar-refractivity contribution is 6.06. The Bertz CT molecular complexity index is 638. The highest BCUT2D eigenvalue weighted by Gasteiger charge is 2.43. The standard InChI is InChI=1S/C19H31N5O3/c1-6-9-22(10-7-12-23-14-20-18(2,3)15(23)25)11-8-13-24-16(26)19(4,5)21-17(24)27/h1,20H,7-14H2,2-5H3,(H,21,27). The van der Waals surface area contributed by atoms with E-state index in [0.29, 0.717) is 39.3 Å². The monoisotopic (exact) mass is 377 g/mol. The van der Waals surface area contributed by atoms with Crippen LogP contribution in [-0.4, -0.2) is 83.0 Å². The zero-order valence-corrected chi connectivity index (χ0v) is 16.8. The Hall–Kier alpha value is -2.11. The van der Waals surface area contributed by atoms with Gasteiger partial charge in [0.05, 0.1) is 18.8 Å². The second-order valence-corrected chi connectivity index (χ2v) is 8.23. The maximum Gasteiger partial charge on any atom is 0.325 e. The number of nitrogens with zero attached hydrogens (tertiary/aromatic N) is 3. The highest BCUT2D eigenvalue weighted by Crippen LogP contribution is 2.17. The van der Waals surface area contributed by atoms with Gasteiger partial charge in [0.2, 0.25) is 5.91 Å². The third-order valence-electron chi connectivity index (χ3n) is 5.05. The first kappa shape index (κ1) is 21.2. The van der Waals surface area contributed by atoms with Gasteiger partial charge in [-0.25, -0.2) is 4.79 Å². The Labute approximate surface area is 161 Å². The van der Waals surface area contributed by atoms with Crippen LogP contribution in [0.2, 0.25) is 0 Å². The third-order valence-corrected chi connectivity index (χ3v) is 5.05. The van der Waals surface area contributed by atoms with Gasteiger partial charge in [0.1, 0.15) is 5.54 Å². The van der Waals surface area contributed by atoms with E-state index in [0.717, 1.165) is 13.0 Å². The van der Waals surface area contributed by atoms with E-state index in [9.17, 15) is 14.4 Å². The van der Waals surface area contributed by atoms with Crippen LogP contribution in [-0.2, 0) is 9.59 Å². The molecule has 150 valence electrons. The van der Waals surface area contributed by atoms with Crippen molar-refractivity contribution in [1.29, 1.82) is 0 Å². The van der Waals surface area contributed by atoms with Gasteiger partial charge < -0.3 is 10.2 Å². The zero-order valence-electron chi connectivity index (χ0n) is 16.8. The van der Waals surface area contributed by atoms with E-state index in [1.165, 1.54) is 4.90 Å². The van der Waals surface area contributed by atoms with Crippen molar-refractivity contribution in [3.63, 3.8) is 0 Å². The predicted octanol–water partition coefficient (Wildman–Crippen LogP) is 0.200. The van der Waals surface area contributed by atoms with Crippen LogP contribution in [0.15, 0.2) is 0 Å². The Balaban J connectivity index is 1.74. The third kappa shape index (κ3) is 4.99. The van der Waals surface area contributed by atoms with Gasteiger partial charge in [0, 0.05) is 26.2 Å². The Kier molecular flexibility index (Phi) is 6.50. The van der Waals surface area contributed by atoms with E-state index in [1.807, 2.05) is 18.7 Å². The molecule has 2 aliphatic heterocycles. The fourth-order valence-corrected chi connectivity index (χ4v) is 3.37. The average Bonchev–Trinajstić information content (AvgIpc) is 2.94. The van der Waals surface area contributed by atoms with Crippen molar-refractivity contribution in [3.05, 3.63) is 0 Å². The van der Waals surface area contributed by atoms with Crippen molar-refractivity contribution >= 4 is 17.8 Å². The molecule has 27 heavy (non-hydrogen) atoms. The first-order valence-corrected chi connectivity index (χ1v) is 9.43. The summed E-state index contributed by atoms with van der Waals surface area (Å²) in [5.41, 5.74) is -1.32. The molecule has 0 radical (unpaired) electrons. The SMILES string of the molecule is C#CCN(CCCN1CNC(C)(C)C1=O)CCCN1C(=O)NC(C)(C)C1=O. The van der Waals surface area contributed by atoms with Crippen LogP contribution in [0.4, 0.5) is 4.79 Å². The van der Waals surface area contributed by atoms with Crippen LogP contribution in [0.25, 0.3) is 0 Å². The molecule has 0 atom stereocenters. The van der Waals surface area contributed by atoms with E-state index in [1.54, 1.807) is 13.8 Å². The maximum atomic E-state index is 12.2. The molecule has 2 aliphatic rings. The molecule has 0 spiro atoms. The minimum Gasteiger partial charge on any atom is -0.328 e. The average molecular weight is 377 g/mol. The van der Waals surface area contributed by atoms with E-state index >= 15 is 0 Å². The van der Waals surface area contributed by atoms with Crippen LogP contribution < -0.4 is 10.6 Å². The lowest BCUT2D eigenvalue weighted by atomic mass is 10.1. The minimum absolute atomic E-state index is 0.118. The normalized spacial score (nSPS) is 21.1. The number of carbonyl (C=O) groups is 3. The van der Waals surface area contributed by atoms with Crippen LogP contribution in [0.3, 0.4) is 0 Å². The molecular formula is C19H31N5O3. The number of hydrogen-bond acceptors (Lipinski definition) is 5. The molecule has 2 fully saturated rings. The topological polar surface area (TPSA) is 85.0 Å². The Morgan fingerprint density at radius 1 is 1.04 bits per heavy atom. The number of urea groups is 1. The lowest BCUT2D eigenvalue weighted by Crippen LogP contribution is -2.41. The van der Waals surface area contributed by atoms with E-state index in [-0.39, 0.29) is 17.8 Å². The largest absolute Gasteiger partial charge is 0.328 e. The van der Waals surface area contributed by atoms with E-state index < -0.39 is 11.1 Å². The number of rotatable bonds is 9. The number of nitrogens with one attached hydrogen (secondary N) is 2. The molecule has 0 aliphatic carbocycles. The van der Waals surface area contributed by atoms with Crippen LogP contribution in [0.1, 0.15) is 40.5 Å². The summed E-state index contributed by atoms with van der Waals surface area (Å²) in [7, 11) is 0. The molecule has 8 nitrogen and oxygen atoms in total. The lowest BCUT2D eigenvalue weighted by molar-refractivity contribution is -0.131. The summed E-state index contributed by atoms with van der Waals surface area (Å²) < 4.78 is 0. The smallest absolute Gasteiger partial charge is 0.325 e. The van der Waals surface area contributed by atoms with Gasteiger partial charge in [-0.2, -0.15) is 0 Å². The molecule has 0 saturated carbocycles. The number of carbonyl (C=O) groups excluding carboxylic acids is 3. The number of amides is 4. The molecule has 0 aromatic carbocycles. The van der Waals surface area contributed by atoms with Crippen molar-refractivity contribution in [1.82, 2.24) is 25.3 Å². The summed E-state index contributed by atoms with van der Waals surface area (Å²) in [5.74, 6) is 2.57. The molecule has 2 heterocycles. The first-order valence-electron chi connectivity index (χ1n) is 9.43. The van der Waals surface area contributed by atoms with Crippen molar-refractivity contribution in [2.45, 2.75) is 51.6 Å². The molecular weight excluding hydrogens is 346 g/mol. The quantitative estimate of drug-likeness (QED) is 0.443. The summed E-state index contributed by atoms with van der Waals surface area (Å²) in [6, 6.07) is -0.337. The summed E-state index contributed by atoms with van der Waals surface area (Å²) >= 11 is 0. The molecule has 8 heteroatoms. The second kappa shape index (κ2) is 8.28. The van der Waals surface area contributed by atoms with Crippen molar-refractivity contribution in [3.8, 4) is 12.3 Å². The predicted molar refractivity (Wildman–Crippen MR) is 103 cm³/mol. The first-order chi connectivity index (χ1) is 12.6. The van der Waals surface area contributed by atoms with Crippen molar-refractivity contribution in [2.24, 2.45) is 0 Å². The van der Waals surface area contributed by atoms with Gasteiger partial charge in [0.15, 0.2) is 0 Å². The lowest BCUT2D eigenvalue weighted by Gasteiger charge is -2.23. The van der Waals surface area contributed by atoms with Gasteiger partial charge >= 0.3 is 6.03 Å². The van der Waals surface area contributed by atoms with Gasteiger partial charge in [-0.3, -0.25) is 24.7 Å². The highest BCUT2D eigenvalue weighted by atomic mass is 16.2. The van der Waals surface area contributed by atoms with Crippen molar-refractivity contribution in [2.75, 3.05) is 39.4 Å². The van der Waals surface area contributed by atoms with Crippen molar-refractivity contribution < 1.29 is 14.4 Å². The van der Waals surface area contributed by atoms with E-state index in [2.05, 4.69) is 21.5 Å². The fourth-order valence-electron chi connectivity index (χ4n) is 3.37. The van der Waals surface area contributed by atoms with Gasteiger partial charge in [-0.15, -0.1) is 6.42 Å². The Morgan fingerprint density at radius 3 is 2.15 bits per heavy atom. The molecule has 0 bridgehead atoms. The second-order valence-electron chi connectivity index (χ2n) is 8.23. The van der Waals surface area contributed by atoms with Crippen LogP contribution in [0.5, 0.6) is 0 Å². The van der Waals surface area contributed by atoms with Crippen LogP contribution in [0, 0.1) is 12.3 Å². The molecule has 2 N–H and O–H groups in total. The summed E-state index contributed by atoms with van der Waals surface area (Å²) in [6.07, 6.45) is 6.94. The summed E-state index contributed by atoms with van der Waals surface area (Å²) in [5, 5.41) is 5.88. The van der Waals surface area contributed by atoms with Gasteiger partial charge in [0.25, 0.3) is 5.91 Å². The van der Waals surface area contributed by atoms with Gasteiger partial charge in [-0.1, -0.05) is 5.92 Å².